The average Bonchev–Trinajstić information content (AvgIpc) is 3.17. The molecular weight excluding hydrogens is 302 g/mol. The van der Waals surface area contributed by atoms with Crippen molar-refractivity contribution in [1.29, 1.82) is 0 Å². The van der Waals surface area contributed by atoms with Crippen LogP contribution in [0.15, 0.2) is 0 Å². The lowest BCUT2D eigenvalue weighted by Gasteiger charge is -2.25. The Labute approximate surface area is 132 Å². The van der Waals surface area contributed by atoms with Gasteiger partial charge in [0.15, 0.2) is 0 Å². The van der Waals surface area contributed by atoms with Gasteiger partial charge in [-0.3, -0.25) is 4.68 Å². The van der Waals surface area contributed by atoms with Gasteiger partial charge in [-0.1, -0.05) is 0 Å². The van der Waals surface area contributed by atoms with E-state index in [4.69, 9.17) is 9.84 Å². The molecule has 7 heteroatoms. The van der Waals surface area contributed by atoms with Gasteiger partial charge in [0.05, 0.1) is 24.7 Å². The van der Waals surface area contributed by atoms with Gasteiger partial charge in [-0.25, -0.2) is 8.42 Å². The van der Waals surface area contributed by atoms with Crippen molar-refractivity contribution in [3.8, 4) is 0 Å². The van der Waals surface area contributed by atoms with Crippen LogP contribution in [0.25, 0.3) is 0 Å². The van der Waals surface area contributed by atoms with Crippen LogP contribution in [-0.4, -0.2) is 41.4 Å². The smallest absolute Gasteiger partial charge is 0.211 e. The van der Waals surface area contributed by atoms with Crippen molar-refractivity contribution < 1.29 is 13.2 Å². The van der Waals surface area contributed by atoms with Gasteiger partial charge in [-0.2, -0.15) is 9.40 Å². The lowest BCUT2D eigenvalue weighted by molar-refractivity contribution is 0.0626. The first-order valence-corrected chi connectivity index (χ1v) is 9.83. The van der Waals surface area contributed by atoms with Gasteiger partial charge in [0.25, 0.3) is 0 Å². The van der Waals surface area contributed by atoms with Crippen LogP contribution in [-0.2, 0) is 40.9 Å². The molecule has 1 aromatic heterocycles. The highest BCUT2D eigenvalue weighted by Crippen LogP contribution is 2.33. The first-order chi connectivity index (χ1) is 10.3. The van der Waals surface area contributed by atoms with Gasteiger partial charge < -0.3 is 4.74 Å². The quantitative estimate of drug-likeness (QED) is 0.795. The zero-order chi connectivity index (χ0) is 15.9. The molecule has 0 radical (unpaired) electrons. The number of sulfonamides is 1. The van der Waals surface area contributed by atoms with Crippen molar-refractivity contribution in [3.05, 3.63) is 17.0 Å². The second kappa shape index (κ2) is 5.94. The van der Waals surface area contributed by atoms with Gasteiger partial charge in [-0.15, -0.1) is 0 Å². The molecule has 1 aliphatic heterocycles. The van der Waals surface area contributed by atoms with E-state index >= 15 is 0 Å². The van der Waals surface area contributed by atoms with Crippen LogP contribution in [0.5, 0.6) is 0 Å². The van der Waals surface area contributed by atoms with Gasteiger partial charge in [0, 0.05) is 37.3 Å². The van der Waals surface area contributed by atoms with Crippen molar-refractivity contribution in [1.82, 2.24) is 14.1 Å². The van der Waals surface area contributed by atoms with E-state index in [9.17, 15) is 8.42 Å². The maximum absolute atomic E-state index is 11.8. The van der Waals surface area contributed by atoms with Crippen LogP contribution in [0, 0.1) is 5.92 Å². The molecule has 0 saturated heterocycles. The highest BCUT2D eigenvalue weighted by molar-refractivity contribution is 7.88. The fourth-order valence-corrected chi connectivity index (χ4v) is 3.66. The number of nitrogens with zero attached hydrogens (tertiary/aromatic N) is 3. The minimum Gasteiger partial charge on any atom is -0.372 e. The third-order valence-corrected chi connectivity index (χ3v) is 5.58. The summed E-state index contributed by atoms with van der Waals surface area (Å²) in [5, 5.41) is 4.73. The van der Waals surface area contributed by atoms with E-state index in [0.29, 0.717) is 19.7 Å². The number of ether oxygens (including phenoxy) is 1. The van der Waals surface area contributed by atoms with E-state index in [0.717, 1.165) is 30.1 Å². The Balaban J connectivity index is 1.87. The minimum absolute atomic E-state index is 0.138. The third kappa shape index (κ3) is 3.52. The Bertz CT molecular complexity index is 647. The Morgan fingerprint density at radius 2 is 2.09 bits per heavy atom. The topological polar surface area (TPSA) is 64.4 Å². The summed E-state index contributed by atoms with van der Waals surface area (Å²) in [5.41, 5.74) is 3.16. The molecule has 0 N–H and O–H groups in total. The lowest BCUT2D eigenvalue weighted by atomic mass is 10.1. The monoisotopic (exact) mass is 327 g/mol. The zero-order valence-electron chi connectivity index (χ0n) is 13.6. The lowest BCUT2D eigenvalue weighted by Crippen LogP contribution is -2.35. The van der Waals surface area contributed by atoms with E-state index in [2.05, 4.69) is 4.68 Å². The van der Waals surface area contributed by atoms with Crippen LogP contribution >= 0.6 is 0 Å². The van der Waals surface area contributed by atoms with E-state index in [1.807, 2.05) is 13.8 Å². The maximum atomic E-state index is 11.8. The van der Waals surface area contributed by atoms with Crippen LogP contribution in [0.1, 0.15) is 43.6 Å². The molecule has 6 nitrogen and oxygen atoms in total. The largest absolute Gasteiger partial charge is 0.372 e. The summed E-state index contributed by atoms with van der Waals surface area (Å²) < 4.78 is 33.0. The van der Waals surface area contributed by atoms with E-state index in [1.165, 1.54) is 29.1 Å². The summed E-state index contributed by atoms with van der Waals surface area (Å²) >= 11 is 0. The molecule has 3 rings (SSSR count). The molecule has 0 unspecified atom stereocenters. The minimum atomic E-state index is -3.16. The standard InChI is InChI=1S/C15H25N3O3S/c1-11(2)21-10-14-13-9-17(22(3,19)20)7-6-15(13)18(16-14)8-12-4-5-12/h11-12H,4-10H2,1-3H3. The molecule has 0 amide bonds. The normalized spacial score (nSPS) is 19.6. The summed E-state index contributed by atoms with van der Waals surface area (Å²) in [6.45, 7) is 6.38. The second-order valence-electron chi connectivity index (χ2n) is 6.70. The van der Waals surface area contributed by atoms with Crippen LogP contribution in [0.2, 0.25) is 0 Å². The first-order valence-electron chi connectivity index (χ1n) is 7.98. The molecule has 1 aliphatic carbocycles. The summed E-state index contributed by atoms with van der Waals surface area (Å²) in [5.74, 6) is 0.746. The van der Waals surface area contributed by atoms with Crippen molar-refractivity contribution in [2.24, 2.45) is 5.92 Å². The predicted molar refractivity (Wildman–Crippen MR) is 83.8 cm³/mol. The summed E-state index contributed by atoms with van der Waals surface area (Å²) in [7, 11) is -3.16. The highest BCUT2D eigenvalue weighted by Gasteiger charge is 2.31. The van der Waals surface area contributed by atoms with E-state index in [-0.39, 0.29) is 6.10 Å². The van der Waals surface area contributed by atoms with Gasteiger partial charge in [0.1, 0.15) is 0 Å². The number of hydrogen-bond donors (Lipinski definition) is 0. The Morgan fingerprint density at radius 3 is 2.68 bits per heavy atom. The Hall–Kier alpha value is -0.920. The molecule has 0 bridgehead atoms. The molecule has 22 heavy (non-hydrogen) atoms. The Kier molecular flexibility index (Phi) is 4.31. The number of aromatic nitrogens is 2. The summed E-state index contributed by atoms with van der Waals surface area (Å²) in [4.78, 5) is 0. The fraction of sp³-hybridized carbons (Fsp3) is 0.800. The number of hydrogen-bond acceptors (Lipinski definition) is 4. The molecule has 1 fully saturated rings. The van der Waals surface area contributed by atoms with Crippen LogP contribution in [0.4, 0.5) is 0 Å². The zero-order valence-corrected chi connectivity index (χ0v) is 14.4. The Morgan fingerprint density at radius 1 is 1.36 bits per heavy atom. The molecule has 1 aromatic rings. The molecule has 2 aliphatic rings. The number of rotatable bonds is 6. The van der Waals surface area contributed by atoms with Gasteiger partial charge >= 0.3 is 0 Å². The number of fused-ring (bicyclic) bond motifs is 1. The SMILES string of the molecule is CC(C)OCc1nn(CC2CC2)c2c1CN(S(C)(=O)=O)CC2. The molecule has 124 valence electrons. The molecule has 1 saturated carbocycles. The van der Waals surface area contributed by atoms with Crippen molar-refractivity contribution in [2.75, 3.05) is 12.8 Å². The van der Waals surface area contributed by atoms with Crippen LogP contribution in [0.3, 0.4) is 0 Å². The first kappa shape index (κ1) is 16.0. The van der Waals surface area contributed by atoms with Gasteiger partial charge in [-0.05, 0) is 32.6 Å². The van der Waals surface area contributed by atoms with Gasteiger partial charge in [0.2, 0.25) is 10.0 Å². The van der Waals surface area contributed by atoms with E-state index < -0.39 is 10.0 Å². The molecular formula is C15H25N3O3S. The molecule has 0 aromatic carbocycles. The van der Waals surface area contributed by atoms with Crippen LogP contribution < -0.4 is 0 Å². The maximum Gasteiger partial charge on any atom is 0.211 e. The predicted octanol–water partition coefficient (Wildman–Crippen LogP) is 1.54. The summed E-state index contributed by atoms with van der Waals surface area (Å²) in [6, 6.07) is 0. The van der Waals surface area contributed by atoms with Crippen molar-refractivity contribution >= 4 is 10.0 Å². The highest BCUT2D eigenvalue weighted by atomic mass is 32.2. The van der Waals surface area contributed by atoms with Crippen molar-refractivity contribution in [3.63, 3.8) is 0 Å². The average molecular weight is 327 g/mol. The van der Waals surface area contributed by atoms with Crippen molar-refractivity contribution in [2.45, 2.75) is 58.9 Å². The van der Waals surface area contributed by atoms with E-state index in [1.54, 1.807) is 0 Å². The molecule has 0 spiro atoms. The fourth-order valence-electron chi connectivity index (χ4n) is 2.88. The molecule has 2 heterocycles. The third-order valence-electron chi connectivity index (χ3n) is 4.33. The molecule has 0 atom stereocenters. The summed E-state index contributed by atoms with van der Waals surface area (Å²) in [6.07, 6.45) is 4.71. The second-order valence-corrected chi connectivity index (χ2v) is 8.69.